The minimum Gasteiger partial charge on any atom is -0.336 e. The van der Waals surface area contributed by atoms with Crippen molar-refractivity contribution in [1.82, 2.24) is 25.7 Å². The van der Waals surface area contributed by atoms with Crippen LogP contribution in [-0.2, 0) is 10.2 Å². The van der Waals surface area contributed by atoms with Crippen LogP contribution >= 0.6 is 11.8 Å². The molecule has 0 aliphatic carbocycles. The Morgan fingerprint density at radius 3 is 2.36 bits per heavy atom. The zero-order valence-corrected chi connectivity index (χ0v) is 15.4. The van der Waals surface area contributed by atoms with Crippen molar-refractivity contribution in [2.75, 3.05) is 5.84 Å². The molecule has 0 aliphatic heterocycles. The molecule has 0 fully saturated rings. The molecule has 9 heteroatoms. The van der Waals surface area contributed by atoms with Crippen LogP contribution in [0.15, 0.2) is 35.5 Å². The predicted molar refractivity (Wildman–Crippen MR) is 96.2 cm³/mol. The molecule has 25 heavy (non-hydrogen) atoms. The van der Waals surface area contributed by atoms with Gasteiger partial charge in [-0.15, -0.1) is 10.2 Å². The van der Waals surface area contributed by atoms with E-state index < -0.39 is 5.25 Å². The van der Waals surface area contributed by atoms with Gasteiger partial charge in [-0.25, -0.2) is 4.68 Å². The predicted octanol–water partition coefficient (Wildman–Crippen LogP) is 1.23. The smallest absolute Gasteiger partial charge is 0.269 e. The van der Waals surface area contributed by atoms with Crippen molar-refractivity contribution in [3.63, 3.8) is 0 Å². The van der Waals surface area contributed by atoms with E-state index in [1.54, 1.807) is 31.2 Å². The summed E-state index contributed by atoms with van der Waals surface area (Å²) in [6.07, 6.45) is 0. The molecule has 2 amide bonds. The Balaban J connectivity index is 1.93. The van der Waals surface area contributed by atoms with Crippen LogP contribution in [0.1, 0.15) is 43.9 Å². The lowest BCUT2D eigenvalue weighted by Gasteiger charge is -2.17. The Morgan fingerprint density at radius 2 is 1.80 bits per heavy atom. The number of hydrazine groups is 1. The van der Waals surface area contributed by atoms with Crippen molar-refractivity contribution in [3.8, 4) is 0 Å². The molecule has 8 nitrogen and oxygen atoms in total. The zero-order valence-electron chi connectivity index (χ0n) is 14.6. The summed E-state index contributed by atoms with van der Waals surface area (Å²) in [4.78, 5) is 24.1. The Bertz CT molecular complexity index is 754. The lowest BCUT2D eigenvalue weighted by Crippen LogP contribution is -2.45. The van der Waals surface area contributed by atoms with E-state index in [0.29, 0.717) is 16.5 Å². The molecule has 134 valence electrons. The number of carbonyl (C=O) groups is 2. The van der Waals surface area contributed by atoms with Crippen molar-refractivity contribution >= 4 is 23.6 Å². The van der Waals surface area contributed by atoms with Gasteiger partial charge in [-0.1, -0.05) is 50.7 Å². The third kappa shape index (κ3) is 4.72. The lowest BCUT2D eigenvalue weighted by molar-refractivity contribution is -0.121. The van der Waals surface area contributed by atoms with Gasteiger partial charge in [-0.3, -0.25) is 20.4 Å². The van der Waals surface area contributed by atoms with Gasteiger partial charge in [0.25, 0.3) is 11.8 Å². The van der Waals surface area contributed by atoms with Crippen LogP contribution in [0.5, 0.6) is 0 Å². The maximum Gasteiger partial charge on any atom is 0.269 e. The summed E-state index contributed by atoms with van der Waals surface area (Å²) in [6.45, 7) is 7.62. The van der Waals surface area contributed by atoms with E-state index in [1.807, 2.05) is 26.8 Å². The second kappa shape index (κ2) is 7.56. The van der Waals surface area contributed by atoms with Crippen molar-refractivity contribution in [3.05, 3.63) is 41.7 Å². The fourth-order valence-corrected chi connectivity index (χ4v) is 2.73. The molecule has 1 heterocycles. The average molecular weight is 362 g/mol. The summed E-state index contributed by atoms with van der Waals surface area (Å²) in [6, 6.07) is 8.62. The second-order valence-electron chi connectivity index (χ2n) is 6.50. The summed E-state index contributed by atoms with van der Waals surface area (Å²) < 4.78 is 1.39. The van der Waals surface area contributed by atoms with Crippen molar-refractivity contribution in [2.45, 2.75) is 43.5 Å². The van der Waals surface area contributed by atoms with Gasteiger partial charge in [0.05, 0.1) is 5.25 Å². The number of thioether (sulfide) groups is 1. The van der Waals surface area contributed by atoms with Gasteiger partial charge < -0.3 is 5.84 Å². The van der Waals surface area contributed by atoms with Gasteiger partial charge in [-0.2, -0.15) is 0 Å². The first-order chi connectivity index (χ1) is 11.7. The Morgan fingerprint density at radius 1 is 1.16 bits per heavy atom. The topological polar surface area (TPSA) is 115 Å². The van der Waals surface area contributed by atoms with Crippen LogP contribution in [0.3, 0.4) is 0 Å². The fraction of sp³-hybridized carbons (Fsp3) is 0.375. The number of rotatable bonds is 4. The molecule has 0 saturated heterocycles. The minimum atomic E-state index is -0.518. The summed E-state index contributed by atoms with van der Waals surface area (Å²) >= 11 is 1.16. The highest BCUT2D eigenvalue weighted by Crippen LogP contribution is 2.25. The van der Waals surface area contributed by atoms with Crippen LogP contribution in [0.25, 0.3) is 0 Å². The number of benzene rings is 1. The van der Waals surface area contributed by atoms with E-state index in [0.717, 1.165) is 11.8 Å². The summed E-state index contributed by atoms with van der Waals surface area (Å²) in [5, 5.41) is 8.02. The average Bonchev–Trinajstić information content (AvgIpc) is 2.94. The number of nitrogens with one attached hydrogen (secondary N) is 2. The molecule has 2 aromatic rings. The Hall–Kier alpha value is -2.55. The molecule has 1 aromatic carbocycles. The van der Waals surface area contributed by atoms with E-state index in [1.165, 1.54) is 4.68 Å². The van der Waals surface area contributed by atoms with Crippen LogP contribution in [0, 0.1) is 0 Å². The fourth-order valence-electron chi connectivity index (χ4n) is 1.96. The van der Waals surface area contributed by atoms with Gasteiger partial charge in [-0.05, 0) is 19.1 Å². The third-order valence-corrected chi connectivity index (χ3v) is 4.38. The van der Waals surface area contributed by atoms with Crippen molar-refractivity contribution in [1.29, 1.82) is 0 Å². The SMILES string of the molecule is C[C@H](Sc1nnc(C(C)(C)C)n1N)C(=O)NNC(=O)c1ccccc1. The first kappa shape index (κ1) is 18.8. The molecule has 2 rings (SSSR count). The molecule has 0 spiro atoms. The van der Waals surface area contributed by atoms with Crippen molar-refractivity contribution in [2.24, 2.45) is 0 Å². The molecule has 1 atom stereocenters. The van der Waals surface area contributed by atoms with E-state index >= 15 is 0 Å². The number of nitrogen functional groups attached to an aromatic ring is 1. The first-order valence-corrected chi connectivity index (χ1v) is 8.61. The van der Waals surface area contributed by atoms with E-state index in [-0.39, 0.29) is 17.2 Å². The normalized spacial score (nSPS) is 12.5. The molecule has 0 radical (unpaired) electrons. The molecule has 1 aromatic heterocycles. The largest absolute Gasteiger partial charge is 0.336 e. The van der Waals surface area contributed by atoms with Gasteiger partial charge in [0.2, 0.25) is 5.16 Å². The number of nitrogens with zero attached hydrogens (tertiary/aromatic N) is 3. The zero-order chi connectivity index (χ0) is 18.6. The number of hydrogen-bond acceptors (Lipinski definition) is 6. The maximum atomic E-state index is 12.2. The number of amides is 2. The second-order valence-corrected chi connectivity index (χ2v) is 7.80. The highest BCUT2D eigenvalue weighted by molar-refractivity contribution is 8.00. The molecule has 4 N–H and O–H groups in total. The van der Waals surface area contributed by atoms with Gasteiger partial charge in [0, 0.05) is 11.0 Å². The molecular weight excluding hydrogens is 340 g/mol. The summed E-state index contributed by atoms with van der Waals surface area (Å²) in [7, 11) is 0. The highest BCUT2D eigenvalue weighted by Gasteiger charge is 2.25. The van der Waals surface area contributed by atoms with E-state index in [2.05, 4.69) is 21.0 Å². The Labute approximate surface area is 150 Å². The molecule has 0 aliphatic rings. The number of carbonyl (C=O) groups excluding carboxylic acids is 2. The molecular formula is C16H22N6O2S. The maximum absolute atomic E-state index is 12.2. The van der Waals surface area contributed by atoms with Gasteiger partial charge in [0.1, 0.15) is 0 Å². The highest BCUT2D eigenvalue weighted by atomic mass is 32.2. The number of hydrogen-bond donors (Lipinski definition) is 3. The van der Waals surface area contributed by atoms with Crippen molar-refractivity contribution < 1.29 is 9.59 Å². The van der Waals surface area contributed by atoms with Crippen LogP contribution in [0.4, 0.5) is 0 Å². The summed E-state index contributed by atoms with van der Waals surface area (Å²) in [5.74, 6) is 5.88. The van der Waals surface area contributed by atoms with E-state index in [9.17, 15) is 9.59 Å². The molecule has 0 bridgehead atoms. The van der Waals surface area contributed by atoms with Gasteiger partial charge in [0.15, 0.2) is 5.82 Å². The van der Waals surface area contributed by atoms with Crippen LogP contribution in [-0.4, -0.2) is 31.9 Å². The third-order valence-electron chi connectivity index (χ3n) is 3.32. The summed E-state index contributed by atoms with van der Waals surface area (Å²) in [5.41, 5.74) is 4.99. The van der Waals surface area contributed by atoms with E-state index in [4.69, 9.17) is 5.84 Å². The Kier molecular flexibility index (Phi) is 5.68. The number of aromatic nitrogens is 3. The van der Waals surface area contributed by atoms with Crippen LogP contribution in [0.2, 0.25) is 0 Å². The standard InChI is InChI=1S/C16H22N6O2S/c1-10(25-15-21-20-14(22(15)17)16(2,3)4)12(23)18-19-13(24)11-8-6-5-7-9-11/h5-10H,17H2,1-4H3,(H,18,23)(H,19,24)/t10-/m0/s1. The molecule has 0 saturated carbocycles. The monoisotopic (exact) mass is 362 g/mol. The van der Waals surface area contributed by atoms with Crippen LogP contribution < -0.4 is 16.7 Å². The quantitative estimate of drug-likeness (QED) is 0.428. The van der Waals surface area contributed by atoms with Gasteiger partial charge >= 0.3 is 0 Å². The molecule has 0 unspecified atom stereocenters. The first-order valence-electron chi connectivity index (χ1n) is 7.73. The minimum absolute atomic E-state index is 0.254. The number of nitrogens with two attached hydrogens (primary N) is 1. The lowest BCUT2D eigenvalue weighted by atomic mass is 9.96.